The summed E-state index contributed by atoms with van der Waals surface area (Å²) in [4.78, 5) is 15.7. The van der Waals surface area contributed by atoms with Crippen LogP contribution < -0.4 is 5.32 Å². The van der Waals surface area contributed by atoms with E-state index in [9.17, 15) is 4.79 Å². The molecule has 0 saturated carbocycles. The maximum atomic E-state index is 12.1. The van der Waals surface area contributed by atoms with Crippen LogP contribution in [0.2, 0.25) is 0 Å². The normalized spacial score (nSPS) is 24.3. The van der Waals surface area contributed by atoms with Crippen molar-refractivity contribution in [1.82, 2.24) is 10.2 Å². The van der Waals surface area contributed by atoms with E-state index in [1.54, 1.807) is 11.3 Å². The average molecular weight is 324 g/mol. The van der Waals surface area contributed by atoms with Crippen LogP contribution in [0.25, 0.3) is 0 Å². The van der Waals surface area contributed by atoms with E-state index < -0.39 is 0 Å². The first-order chi connectivity index (χ1) is 10.8. The second-order valence-corrected chi connectivity index (χ2v) is 6.93. The molecule has 0 spiro atoms. The van der Waals surface area contributed by atoms with Gasteiger partial charge in [-0.2, -0.15) is 0 Å². The second kappa shape index (κ2) is 8.06. The zero-order valence-electron chi connectivity index (χ0n) is 12.8. The fourth-order valence-corrected chi connectivity index (χ4v) is 3.92. The number of hydrogen-bond donors (Lipinski definition) is 1. The average Bonchev–Trinajstić information content (AvgIpc) is 3.22. The van der Waals surface area contributed by atoms with Gasteiger partial charge >= 0.3 is 0 Å². The van der Waals surface area contributed by atoms with Gasteiger partial charge in [0.05, 0.1) is 26.2 Å². The molecule has 0 radical (unpaired) electrons. The minimum Gasteiger partial charge on any atom is -0.381 e. The summed E-state index contributed by atoms with van der Waals surface area (Å²) in [6, 6.07) is 4.35. The molecule has 2 atom stereocenters. The zero-order chi connectivity index (χ0) is 15.2. The lowest BCUT2D eigenvalue weighted by Crippen LogP contribution is -2.52. The highest BCUT2D eigenvalue weighted by Crippen LogP contribution is 2.22. The summed E-state index contributed by atoms with van der Waals surface area (Å²) in [5, 5.41) is 5.13. The van der Waals surface area contributed by atoms with Crippen molar-refractivity contribution < 1.29 is 14.3 Å². The van der Waals surface area contributed by atoms with E-state index in [0.29, 0.717) is 24.9 Å². The number of ether oxygens (including phenoxy) is 2. The standard InChI is InChI=1S/C16H24N2O3S/c19-16(10-14-2-1-9-22-14)17-11-15(13-3-6-21-12-13)18-4-7-20-8-5-18/h1-2,9,13,15H,3-8,10-12H2,(H,17,19)/t13-,15-/m1/s1. The summed E-state index contributed by atoms with van der Waals surface area (Å²) in [6.07, 6.45) is 1.57. The number of amides is 1. The molecule has 3 rings (SSSR count). The molecule has 22 heavy (non-hydrogen) atoms. The quantitative estimate of drug-likeness (QED) is 0.853. The number of nitrogens with zero attached hydrogens (tertiary/aromatic N) is 1. The Labute approximate surface area is 135 Å². The minimum atomic E-state index is 0.111. The minimum absolute atomic E-state index is 0.111. The highest BCUT2D eigenvalue weighted by molar-refractivity contribution is 7.10. The molecule has 6 heteroatoms. The summed E-state index contributed by atoms with van der Waals surface area (Å²) in [5.74, 6) is 0.625. The lowest BCUT2D eigenvalue weighted by atomic mass is 9.97. The third-order valence-corrected chi connectivity index (χ3v) is 5.32. The fraction of sp³-hybridized carbons (Fsp3) is 0.688. The number of thiophene rings is 1. The summed E-state index contributed by atoms with van der Waals surface area (Å²) in [5.41, 5.74) is 0. The van der Waals surface area contributed by atoms with Crippen LogP contribution in [0.3, 0.4) is 0 Å². The largest absolute Gasteiger partial charge is 0.381 e. The molecule has 2 aliphatic rings. The Bertz CT molecular complexity index is 454. The molecule has 0 bridgehead atoms. The maximum absolute atomic E-state index is 12.1. The van der Waals surface area contributed by atoms with Gasteiger partial charge in [-0.15, -0.1) is 11.3 Å². The van der Waals surface area contributed by atoms with Crippen molar-refractivity contribution in [3.05, 3.63) is 22.4 Å². The van der Waals surface area contributed by atoms with E-state index in [2.05, 4.69) is 10.2 Å². The van der Waals surface area contributed by atoms with Gasteiger partial charge in [-0.1, -0.05) is 6.07 Å². The summed E-state index contributed by atoms with van der Waals surface area (Å²) in [7, 11) is 0. The molecule has 1 aromatic heterocycles. The van der Waals surface area contributed by atoms with Crippen LogP contribution in [0.5, 0.6) is 0 Å². The smallest absolute Gasteiger partial charge is 0.225 e. The van der Waals surface area contributed by atoms with Crippen molar-refractivity contribution in [3.8, 4) is 0 Å². The molecule has 2 fully saturated rings. The van der Waals surface area contributed by atoms with Gasteiger partial charge in [0.25, 0.3) is 0 Å². The van der Waals surface area contributed by atoms with Gasteiger partial charge in [-0.05, 0) is 17.9 Å². The molecule has 122 valence electrons. The van der Waals surface area contributed by atoms with E-state index in [-0.39, 0.29) is 5.91 Å². The van der Waals surface area contributed by atoms with Gasteiger partial charge < -0.3 is 14.8 Å². The van der Waals surface area contributed by atoms with E-state index in [0.717, 1.165) is 50.8 Å². The Morgan fingerprint density at radius 1 is 1.36 bits per heavy atom. The molecular formula is C16H24N2O3S. The number of morpholine rings is 1. The van der Waals surface area contributed by atoms with Gasteiger partial charge in [-0.25, -0.2) is 0 Å². The highest BCUT2D eigenvalue weighted by atomic mass is 32.1. The first-order valence-electron chi connectivity index (χ1n) is 8.01. The third-order valence-electron chi connectivity index (χ3n) is 4.45. The number of hydrogen-bond acceptors (Lipinski definition) is 5. The molecule has 1 amide bonds. The van der Waals surface area contributed by atoms with Crippen LogP contribution in [0.4, 0.5) is 0 Å². The molecule has 0 aliphatic carbocycles. The molecule has 1 aromatic rings. The van der Waals surface area contributed by atoms with E-state index in [4.69, 9.17) is 9.47 Å². The second-order valence-electron chi connectivity index (χ2n) is 5.90. The molecule has 5 nitrogen and oxygen atoms in total. The topological polar surface area (TPSA) is 50.8 Å². The molecule has 1 N–H and O–H groups in total. The SMILES string of the molecule is O=C(Cc1cccs1)NC[C@H]([C@@H]1CCOC1)N1CCOCC1. The van der Waals surface area contributed by atoms with Gasteiger partial charge in [0.1, 0.15) is 0 Å². The van der Waals surface area contributed by atoms with Crippen LogP contribution in [0.1, 0.15) is 11.3 Å². The fourth-order valence-electron chi connectivity index (χ4n) is 3.21. The van der Waals surface area contributed by atoms with E-state index in [1.807, 2.05) is 17.5 Å². The third kappa shape index (κ3) is 4.29. The Morgan fingerprint density at radius 3 is 2.91 bits per heavy atom. The van der Waals surface area contributed by atoms with Crippen molar-refractivity contribution in [2.75, 3.05) is 46.1 Å². The van der Waals surface area contributed by atoms with Crippen LogP contribution in [0.15, 0.2) is 17.5 Å². The summed E-state index contributed by atoms with van der Waals surface area (Å²) < 4.78 is 11.0. The van der Waals surface area contributed by atoms with Crippen LogP contribution >= 0.6 is 11.3 Å². The zero-order valence-corrected chi connectivity index (χ0v) is 13.6. The summed E-state index contributed by atoms with van der Waals surface area (Å²) >= 11 is 1.63. The summed E-state index contributed by atoms with van der Waals surface area (Å²) in [6.45, 7) is 5.82. The first-order valence-corrected chi connectivity index (χ1v) is 8.89. The van der Waals surface area contributed by atoms with Gasteiger partial charge in [0.15, 0.2) is 0 Å². The predicted molar refractivity (Wildman–Crippen MR) is 86.1 cm³/mol. The van der Waals surface area contributed by atoms with Gasteiger partial charge in [-0.3, -0.25) is 9.69 Å². The lowest BCUT2D eigenvalue weighted by Gasteiger charge is -2.37. The number of carbonyl (C=O) groups is 1. The lowest BCUT2D eigenvalue weighted by molar-refractivity contribution is -0.120. The number of rotatable bonds is 6. The van der Waals surface area contributed by atoms with E-state index in [1.165, 1.54) is 0 Å². The van der Waals surface area contributed by atoms with Crippen LogP contribution in [-0.4, -0.2) is 62.9 Å². The first kappa shape index (κ1) is 15.9. The van der Waals surface area contributed by atoms with Crippen molar-refractivity contribution >= 4 is 17.2 Å². The van der Waals surface area contributed by atoms with Crippen molar-refractivity contribution in [3.63, 3.8) is 0 Å². The Hall–Kier alpha value is -0.950. The number of nitrogens with one attached hydrogen (secondary N) is 1. The van der Waals surface area contributed by atoms with Crippen molar-refractivity contribution in [2.24, 2.45) is 5.92 Å². The van der Waals surface area contributed by atoms with Gasteiger partial charge in [0.2, 0.25) is 5.91 Å². The predicted octanol–water partition coefficient (Wildman–Crippen LogP) is 1.14. The Morgan fingerprint density at radius 2 is 2.23 bits per heavy atom. The number of carbonyl (C=O) groups excluding carboxylic acids is 1. The molecule has 0 aromatic carbocycles. The Kier molecular flexibility index (Phi) is 5.83. The van der Waals surface area contributed by atoms with Crippen LogP contribution in [-0.2, 0) is 20.7 Å². The molecule has 0 unspecified atom stereocenters. The maximum Gasteiger partial charge on any atom is 0.225 e. The molecule has 3 heterocycles. The van der Waals surface area contributed by atoms with Crippen molar-refractivity contribution in [2.45, 2.75) is 18.9 Å². The molecule has 2 aliphatic heterocycles. The highest BCUT2D eigenvalue weighted by Gasteiger charge is 2.31. The Balaban J connectivity index is 1.53. The van der Waals surface area contributed by atoms with Gasteiger partial charge in [0, 0.05) is 43.1 Å². The van der Waals surface area contributed by atoms with E-state index >= 15 is 0 Å². The monoisotopic (exact) mass is 324 g/mol. The molecular weight excluding hydrogens is 300 g/mol. The van der Waals surface area contributed by atoms with Crippen LogP contribution in [0, 0.1) is 5.92 Å². The molecule has 2 saturated heterocycles. The van der Waals surface area contributed by atoms with Crippen molar-refractivity contribution in [1.29, 1.82) is 0 Å².